The first kappa shape index (κ1) is 18.7. The van der Waals surface area contributed by atoms with Gasteiger partial charge in [0, 0.05) is 6.54 Å². The van der Waals surface area contributed by atoms with Crippen LogP contribution in [0.2, 0.25) is 0 Å². The number of rotatable bonds is 7. The Morgan fingerprint density at radius 3 is 2.46 bits per heavy atom. The molecule has 0 amide bonds. The molecular formula is C17H25F3N4. The topological polar surface area (TPSA) is 47.1 Å². The van der Waals surface area contributed by atoms with E-state index in [0.717, 1.165) is 38.2 Å². The van der Waals surface area contributed by atoms with E-state index in [1.54, 1.807) is 6.92 Å². The monoisotopic (exact) mass is 342 g/mol. The number of halogens is 3. The van der Waals surface area contributed by atoms with Crippen molar-refractivity contribution in [3.8, 4) is 0 Å². The maximum atomic E-state index is 12.9. The minimum absolute atomic E-state index is 0.333. The molecule has 1 atom stereocenters. The van der Waals surface area contributed by atoms with Crippen molar-refractivity contribution in [3.05, 3.63) is 29.6 Å². The van der Waals surface area contributed by atoms with Crippen molar-refractivity contribution in [2.45, 2.75) is 46.0 Å². The molecule has 0 aliphatic carbocycles. The van der Waals surface area contributed by atoms with E-state index in [9.17, 15) is 13.2 Å². The van der Waals surface area contributed by atoms with Gasteiger partial charge in [-0.25, -0.2) is 4.98 Å². The molecule has 2 N–H and O–H groups in total. The maximum Gasteiger partial charge on any atom is 0.416 e. The predicted octanol–water partition coefficient (Wildman–Crippen LogP) is 3.81. The molecule has 1 aromatic heterocycles. The number of imidazole rings is 1. The molecule has 0 fully saturated rings. The number of aryl methyl sites for hydroxylation is 1. The zero-order chi connectivity index (χ0) is 17.9. The lowest BCUT2D eigenvalue weighted by Gasteiger charge is -2.19. The predicted molar refractivity (Wildman–Crippen MR) is 89.7 cm³/mol. The van der Waals surface area contributed by atoms with Gasteiger partial charge in [0.05, 0.1) is 22.6 Å². The summed E-state index contributed by atoms with van der Waals surface area (Å²) in [5, 5.41) is 0. The van der Waals surface area contributed by atoms with Gasteiger partial charge in [0.25, 0.3) is 0 Å². The van der Waals surface area contributed by atoms with Crippen LogP contribution in [-0.2, 0) is 12.7 Å². The quantitative estimate of drug-likeness (QED) is 0.832. The van der Waals surface area contributed by atoms with Crippen LogP contribution in [0.25, 0.3) is 11.0 Å². The number of aromatic nitrogens is 2. The van der Waals surface area contributed by atoms with Crippen LogP contribution < -0.4 is 5.73 Å². The van der Waals surface area contributed by atoms with E-state index in [0.29, 0.717) is 23.4 Å². The van der Waals surface area contributed by atoms with Crippen molar-refractivity contribution >= 4 is 11.0 Å². The Kier molecular flexibility index (Phi) is 5.87. The van der Waals surface area contributed by atoms with E-state index in [1.165, 1.54) is 6.07 Å². The summed E-state index contributed by atoms with van der Waals surface area (Å²) < 4.78 is 40.6. The molecule has 1 unspecified atom stereocenters. The van der Waals surface area contributed by atoms with Gasteiger partial charge in [-0.1, -0.05) is 13.8 Å². The van der Waals surface area contributed by atoms with E-state index >= 15 is 0 Å². The number of hydrogen-bond donors (Lipinski definition) is 1. The van der Waals surface area contributed by atoms with Gasteiger partial charge < -0.3 is 15.2 Å². The van der Waals surface area contributed by atoms with Crippen molar-refractivity contribution in [1.82, 2.24) is 14.5 Å². The van der Waals surface area contributed by atoms with Gasteiger partial charge >= 0.3 is 6.18 Å². The van der Waals surface area contributed by atoms with Crippen LogP contribution in [-0.4, -0.2) is 34.1 Å². The van der Waals surface area contributed by atoms with Crippen molar-refractivity contribution in [3.63, 3.8) is 0 Å². The van der Waals surface area contributed by atoms with Gasteiger partial charge in [0.1, 0.15) is 5.82 Å². The third-order valence-corrected chi connectivity index (χ3v) is 4.26. The molecule has 134 valence electrons. The normalized spacial score (nSPS) is 13.8. The van der Waals surface area contributed by atoms with Crippen LogP contribution in [0.15, 0.2) is 18.2 Å². The average molecular weight is 342 g/mol. The second kappa shape index (κ2) is 7.53. The molecule has 2 aromatic rings. The molecule has 4 nitrogen and oxygen atoms in total. The zero-order valence-corrected chi connectivity index (χ0v) is 14.4. The first-order chi connectivity index (χ1) is 11.3. The Morgan fingerprint density at radius 2 is 1.92 bits per heavy atom. The molecule has 0 saturated carbocycles. The summed E-state index contributed by atoms with van der Waals surface area (Å²) in [6.45, 7) is 9.62. The summed E-state index contributed by atoms with van der Waals surface area (Å²) in [6, 6.07) is 3.37. The molecule has 24 heavy (non-hydrogen) atoms. The van der Waals surface area contributed by atoms with E-state index < -0.39 is 11.7 Å². The van der Waals surface area contributed by atoms with Crippen LogP contribution in [0.1, 0.15) is 44.6 Å². The number of hydrogen-bond acceptors (Lipinski definition) is 3. The molecule has 0 bridgehead atoms. The highest BCUT2D eigenvalue weighted by atomic mass is 19.4. The van der Waals surface area contributed by atoms with Crippen LogP contribution >= 0.6 is 0 Å². The molecule has 0 aliphatic rings. The minimum atomic E-state index is -4.37. The Labute approximate surface area is 140 Å². The van der Waals surface area contributed by atoms with Crippen molar-refractivity contribution in [1.29, 1.82) is 0 Å². The van der Waals surface area contributed by atoms with Gasteiger partial charge in [-0.2, -0.15) is 13.2 Å². The van der Waals surface area contributed by atoms with Crippen molar-refractivity contribution < 1.29 is 13.2 Å². The fourth-order valence-corrected chi connectivity index (χ4v) is 2.90. The lowest BCUT2D eigenvalue weighted by atomic mass is 10.2. The fourth-order valence-electron chi connectivity index (χ4n) is 2.90. The summed E-state index contributed by atoms with van der Waals surface area (Å²) in [7, 11) is 0. The standard InChI is InChI=1S/C17H25F3N4/c1-4-23(5-2)9-6-10-24-15-8-7-13(17(18,19)20)11-14(15)22-16(24)12(3)21/h7-8,11-12H,4-6,9-10,21H2,1-3H3. The number of benzene rings is 1. The Bertz CT molecular complexity index is 672. The molecule has 0 saturated heterocycles. The summed E-state index contributed by atoms with van der Waals surface area (Å²) in [5.74, 6) is 0.629. The van der Waals surface area contributed by atoms with Crippen molar-refractivity contribution in [2.75, 3.05) is 19.6 Å². The second-order valence-electron chi connectivity index (χ2n) is 5.99. The Morgan fingerprint density at radius 1 is 1.25 bits per heavy atom. The third kappa shape index (κ3) is 4.08. The highest BCUT2D eigenvalue weighted by Gasteiger charge is 2.31. The number of nitrogens with zero attached hydrogens (tertiary/aromatic N) is 3. The summed E-state index contributed by atoms with van der Waals surface area (Å²) in [5.41, 5.74) is 6.34. The molecule has 0 aliphatic heterocycles. The van der Waals surface area contributed by atoms with E-state index in [4.69, 9.17) is 5.73 Å². The molecule has 1 aromatic carbocycles. The first-order valence-corrected chi connectivity index (χ1v) is 8.33. The Hall–Kier alpha value is -1.60. The van der Waals surface area contributed by atoms with Gasteiger partial charge in [-0.05, 0) is 51.2 Å². The van der Waals surface area contributed by atoms with Crippen LogP contribution in [0.4, 0.5) is 13.2 Å². The number of alkyl halides is 3. The first-order valence-electron chi connectivity index (χ1n) is 8.33. The molecular weight excluding hydrogens is 317 g/mol. The van der Waals surface area contributed by atoms with Crippen LogP contribution in [0.3, 0.4) is 0 Å². The van der Waals surface area contributed by atoms with Gasteiger partial charge in [-0.3, -0.25) is 0 Å². The fraction of sp³-hybridized carbons (Fsp3) is 0.588. The summed E-state index contributed by atoms with van der Waals surface area (Å²) >= 11 is 0. The van der Waals surface area contributed by atoms with Crippen LogP contribution in [0, 0.1) is 0 Å². The molecule has 0 radical (unpaired) electrons. The minimum Gasteiger partial charge on any atom is -0.327 e. The van der Waals surface area contributed by atoms with E-state index in [2.05, 4.69) is 23.7 Å². The number of fused-ring (bicyclic) bond motifs is 1. The SMILES string of the molecule is CCN(CC)CCCn1c(C(C)N)nc2cc(C(F)(F)F)ccc21. The second-order valence-corrected chi connectivity index (χ2v) is 5.99. The van der Waals surface area contributed by atoms with E-state index in [-0.39, 0.29) is 6.04 Å². The van der Waals surface area contributed by atoms with Gasteiger partial charge in [0.15, 0.2) is 0 Å². The van der Waals surface area contributed by atoms with Gasteiger partial charge in [-0.15, -0.1) is 0 Å². The van der Waals surface area contributed by atoms with Crippen LogP contribution in [0.5, 0.6) is 0 Å². The largest absolute Gasteiger partial charge is 0.416 e. The molecule has 1 heterocycles. The lowest BCUT2D eigenvalue weighted by Crippen LogP contribution is -2.25. The molecule has 7 heteroatoms. The smallest absolute Gasteiger partial charge is 0.327 e. The molecule has 0 spiro atoms. The lowest BCUT2D eigenvalue weighted by molar-refractivity contribution is -0.137. The highest BCUT2D eigenvalue weighted by Crippen LogP contribution is 2.32. The molecule has 2 rings (SSSR count). The van der Waals surface area contributed by atoms with Gasteiger partial charge in [0.2, 0.25) is 0 Å². The average Bonchev–Trinajstić information content (AvgIpc) is 2.89. The summed E-state index contributed by atoms with van der Waals surface area (Å²) in [4.78, 5) is 6.66. The Balaban J connectivity index is 2.31. The summed E-state index contributed by atoms with van der Waals surface area (Å²) in [6.07, 6.45) is -3.47. The number of nitrogens with two attached hydrogens (primary N) is 1. The zero-order valence-electron chi connectivity index (χ0n) is 14.4. The maximum absolute atomic E-state index is 12.9. The third-order valence-electron chi connectivity index (χ3n) is 4.26. The van der Waals surface area contributed by atoms with E-state index in [1.807, 2.05) is 4.57 Å². The highest BCUT2D eigenvalue weighted by molar-refractivity contribution is 5.77. The van der Waals surface area contributed by atoms with Crippen molar-refractivity contribution in [2.24, 2.45) is 5.73 Å².